The molecule has 0 saturated heterocycles. The molecule has 3 aliphatic rings. The van der Waals surface area contributed by atoms with E-state index in [1.807, 2.05) is 109 Å². The van der Waals surface area contributed by atoms with Crippen molar-refractivity contribution in [2.45, 2.75) is 115 Å². The number of nitrogens with zero attached hydrogens (tertiary/aromatic N) is 9. The number of fused-ring (bicyclic) bond motifs is 6. The molecule has 3 aromatic carbocycles. The Labute approximate surface area is 470 Å². The number of hydrogen-bond acceptors (Lipinski definition) is 12. The molecule has 0 spiro atoms. The first-order valence-electron chi connectivity index (χ1n) is 27.3. The fourth-order valence-electron chi connectivity index (χ4n) is 10.2. The van der Waals surface area contributed by atoms with E-state index in [1.165, 1.54) is 0 Å². The van der Waals surface area contributed by atoms with Crippen molar-refractivity contribution in [1.82, 2.24) is 43.6 Å². The highest BCUT2D eigenvalue weighted by molar-refractivity contribution is 5.81. The van der Waals surface area contributed by atoms with Crippen LogP contribution in [0, 0.1) is 35.5 Å². The first-order valence-corrected chi connectivity index (χ1v) is 27.3. The van der Waals surface area contributed by atoms with Gasteiger partial charge in [0.15, 0.2) is 0 Å². The van der Waals surface area contributed by atoms with Gasteiger partial charge < -0.3 is 14.2 Å². The van der Waals surface area contributed by atoms with Gasteiger partial charge in [0.1, 0.15) is 34.6 Å². The van der Waals surface area contributed by atoms with Crippen LogP contribution in [-0.2, 0) is 53.1 Å². The monoisotopic (exact) mass is 1080 g/mol. The van der Waals surface area contributed by atoms with Crippen molar-refractivity contribution in [2.24, 2.45) is 0 Å². The second-order valence-corrected chi connectivity index (χ2v) is 21.3. The summed E-state index contributed by atoms with van der Waals surface area (Å²) in [5, 5.41) is 1.88. The number of aryl methyl sites for hydroxylation is 3. The van der Waals surface area contributed by atoms with Crippen LogP contribution in [0.25, 0.3) is 32.7 Å². The SMILES string of the molecule is COC1(C)CCc2nc3cc(C#Cc4ccccn4)ccc3c(=O)n2CC1.COC1(C)CCc2nc3cc(C#Cc4ccccn4)ccc3c(=O)n2CC1.COC1(C)CCc2nc3cc(C#Cc4ccccn4)ccc3c(=O)n2CC1. The zero-order valence-corrected chi connectivity index (χ0v) is 46.6. The Kier molecular flexibility index (Phi) is 16.6. The van der Waals surface area contributed by atoms with Crippen LogP contribution < -0.4 is 16.7 Å². The van der Waals surface area contributed by atoms with E-state index in [9.17, 15) is 14.4 Å². The number of rotatable bonds is 3. The minimum absolute atomic E-state index is 0.0135. The van der Waals surface area contributed by atoms with E-state index in [0.717, 1.165) is 92.0 Å². The third kappa shape index (κ3) is 12.9. The number of pyridine rings is 3. The molecule has 9 heterocycles. The molecule has 0 saturated carbocycles. The summed E-state index contributed by atoms with van der Waals surface area (Å²) in [7, 11) is 5.19. The van der Waals surface area contributed by atoms with E-state index in [1.54, 1.807) is 53.6 Å². The van der Waals surface area contributed by atoms with Gasteiger partial charge in [-0.1, -0.05) is 36.0 Å². The number of benzene rings is 3. The van der Waals surface area contributed by atoms with Crippen LogP contribution >= 0.6 is 0 Å². The van der Waals surface area contributed by atoms with E-state index in [0.29, 0.717) is 69.4 Å². The maximum Gasteiger partial charge on any atom is 0.261 e. The van der Waals surface area contributed by atoms with Crippen molar-refractivity contribution in [2.75, 3.05) is 21.3 Å². The number of hydrogen-bond donors (Lipinski definition) is 0. The third-order valence-corrected chi connectivity index (χ3v) is 15.8. The Hall–Kier alpha value is -8.91. The number of aromatic nitrogens is 9. The summed E-state index contributed by atoms with van der Waals surface area (Å²) in [4.78, 5) is 65.8. The predicted molar refractivity (Wildman–Crippen MR) is 314 cm³/mol. The van der Waals surface area contributed by atoms with Crippen molar-refractivity contribution in [3.8, 4) is 35.5 Å². The number of methoxy groups -OCH3 is 3. The molecule has 9 aromatic rings. The van der Waals surface area contributed by atoms with Crippen molar-refractivity contribution >= 4 is 32.7 Å². The topological polar surface area (TPSA) is 171 Å². The van der Waals surface area contributed by atoms with Gasteiger partial charge in [-0.05, 0) is 168 Å². The lowest BCUT2D eigenvalue weighted by Gasteiger charge is -2.25. The first kappa shape index (κ1) is 55.4. The highest BCUT2D eigenvalue weighted by Crippen LogP contribution is 2.29. The molecule has 3 atom stereocenters. The van der Waals surface area contributed by atoms with Gasteiger partial charge in [0.05, 0.1) is 49.5 Å². The molecule has 81 heavy (non-hydrogen) atoms. The highest BCUT2D eigenvalue weighted by Gasteiger charge is 2.31. The van der Waals surface area contributed by atoms with Gasteiger partial charge in [0, 0.05) is 95.5 Å². The second-order valence-electron chi connectivity index (χ2n) is 21.3. The molecule has 15 nitrogen and oxygen atoms in total. The maximum atomic E-state index is 13.0. The Morgan fingerprint density at radius 1 is 0.395 bits per heavy atom. The summed E-state index contributed by atoms with van der Waals surface area (Å²) in [6.45, 7) is 8.16. The summed E-state index contributed by atoms with van der Waals surface area (Å²) in [6, 6.07) is 33.6. The van der Waals surface area contributed by atoms with Crippen molar-refractivity contribution in [3.05, 3.63) is 210 Å². The van der Waals surface area contributed by atoms with Crippen LogP contribution in [-0.4, -0.2) is 81.7 Å². The largest absolute Gasteiger partial charge is 0.378 e. The zero-order chi connectivity index (χ0) is 56.6. The van der Waals surface area contributed by atoms with Gasteiger partial charge >= 0.3 is 0 Å². The fraction of sp³-hybridized carbons (Fsp3) is 0.318. The van der Waals surface area contributed by atoms with E-state index in [2.05, 4.69) is 71.2 Å². The smallest absolute Gasteiger partial charge is 0.261 e. The van der Waals surface area contributed by atoms with Gasteiger partial charge in [-0.3, -0.25) is 28.1 Å². The van der Waals surface area contributed by atoms with Crippen molar-refractivity contribution in [1.29, 1.82) is 0 Å². The normalized spacial score (nSPS) is 19.0. The van der Waals surface area contributed by atoms with E-state index >= 15 is 0 Å². The van der Waals surface area contributed by atoms with Gasteiger partial charge in [-0.25, -0.2) is 29.9 Å². The lowest BCUT2D eigenvalue weighted by molar-refractivity contribution is -0.00778. The maximum absolute atomic E-state index is 13.0. The third-order valence-electron chi connectivity index (χ3n) is 15.8. The van der Waals surface area contributed by atoms with E-state index in [4.69, 9.17) is 29.2 Å². The average molecular weight is 1080 g/mol. The van der Waals surface area contributed by atoms with Crippen LogP contribution in [0.5, 0.6) is 0 Å². The quantitative estimate of drug-likeness (QED) is 0.154. The summed E-state index contributed by atoms with van der Waals surface area (Å²) in [5.41, 5.74) is 6.08. The van der Waals surface area contributed by atoms with Crippen LogP contribution in [0.15, 0.2) is 142 Å². The predicted octanol–water partition coefficient (Wildman–Crippen LogP) is 8.80. The first-order chi connectivity index (χ1) is 39.2. The molecule has 3 aliphatic heterocycles. The summed E-state index contributed by atoms with van der Waals surface area (Å²) >= 11 is 0. The second kappa shape index (κ2) is 24.2. The molecular weight excluding hydrogens is 1010 g/mol. The molecule has 0 fully saturated rings. The molecule has 6 aromatic heterocycles. The molecule has 3 unspecified atom stereocenters. The van der Waals surface area contributed by atoms with Gasteiger partial charge in [0.25, 0.3) is 16.7 Å². The summed E-state index contributed by atoms with van der Waals surface area (Å²) in [6.07, 6.45) is 12.3. The molecular formula is C66H63N9O6. The number of ether oxygens (including phenoxy) is 3. The molecule has 15 heteroatoms. The minimum atomic E-state index is -0.217. The van der Waals surface area contributed by atoms with E-state index < -0.39 is 0 Å². The van der Waals surface area contributed by atoms with Crippen LogP contribution in [0.2, 0.25) is 0 Å². The summed E-state index contributed by atoms with van der Waals surface area (Å²) in [5.74, 6) is 20.9. The Morgan fingerprint density at radius 3 is 0.951 bits per heavy atom. The van der Waals surface area contributed by atoms with Gasteiger partial charge in [0.2, 0.25) is 0 Å². The van der Waals surface area contributed by atoms with E-state index in [-0.39, 0.29) is 33.5 Å². The average Bonchev–Trinajstić information content (AvgIpc) is 4.04. The Bertz CT molecular complexity index is 3760. The molecule has 408 valence electrons. The van der Waals surface area contributed by atoms with Crippen LogP contribution in [0.1, 0.15) is 111 Å². The lowest BCUT2D eigenvalue weighted by Crippen LogP contribution is -2.29. The van der Waals surface area contributed by atoms with Crippen LogP contribution in [0.3, 0.4) is 0 Å². The minimum Gasteiger partial charge on any atom is -0.378 e. The molecule has 0 radical (unpaired) electrons. The molecule has 12 rings (SSSR count). The van der Waals surface area contributed by atoms with Gasteiger partial charge in [-0.15, -0.1) is 0 Å². The molecule has 0 aliphatic carbocycles. The molecule has 0 bridgehead atoms. The Morgan fingerprint density at radius 2 is 0.691 bits per heavy atom. The van der Waals surface area contributed by atoms with Gasteiger partial charge in [-0.2, -0.15) is 0 Å². The standard InChI is InChI=1S/3C22H21N3O2/c3*1-22(27-2)11-10-20-24-19-15-16(6-8-17-5-3-4-13-23-17)7-9-18(19)21(26)25(20)14-12-22/h3*3-5,7,9,13,15H,10-12,14H2,1-2H3. The zero-order valence-electron chi connectivity index (χ0n) is 46.6. The fourth-order valence-corrected chi connectivity index (χ4v) is 10.2. The molecule has 0 amide bonds. The van der Waals surface area contributed by atoms with Crippen molar-refractivity contribution in [3.63, 3.8) is 0 Å². The van der Waals surface area contributed by atoms with Crippen molar-refractivity contribution < 1.29 is 14.2 Å². The highest BCUT2D eigenvalue weighted by atomic mass is 16.5. The summed E-state index contributed by atoms with van der Waals surface area (Å²) < 4.78 is 22.4. The van der Waals surface area contributed by atoms with Crippen LogP contribution in [0.4, 0.5) is 0 Å². The lowest BCUT2D eigenvalue weighted by atomic mass is 9.97. The molecule has 0 N–H and O–H groups in total. The Balaban J connectivity index is 0.000000136.